The van der Waals surface area contributed by atoms with Crippen molar-refractivity contribution >= 4 is 14.0 Å². The summed E-state index contributed by atoms with van der Waals surface area (Å²) in [6, 6.07) is 0. The summed E-state index contributed by atoms with van der Waals surface area (Å²) in [5.41, 5.74) is 2.79. The average Bonchev–Trinajstić information content (AvgIpc) is 1.98. The zero-order valence-corrected chi connectivity index (χ0v) is 10.2. The molecular formula is C10H18O3Si. The van der Waals surface area contributed by atoms with Crippen molar-refractivity contribution in [1.82, 2.24) is 0 Å². The third kappa shape index (κ3) is 7.76. The highest BCUT2D eigenvalue weighted by Gasteiger charge is 2.07. The molecule has 0 spiro atoms. The van der Waals surface area contributed by atoms with Crippen LogP contribution < -0.4 is 0 Å². The number of ether oxygens (including phenoxy) is 1. The molecule has 0 rings (SSSR count). The molecule has 0 atom stereocenters. The normalized spacial score (nSPS) is 13.6. The van der Waals surface area contributed by atoms with Crippen LogP contribution in [0, 0.1) is 0 Å². The summed E-state index contributed by atoms with van der Waals surface area (Å²) in [5, 5.41) is 8.59. The van der Waals surface area contributed by atoms with Crippen molar-refractivity contribution in [3.05, 3.63) is 23.4 Å². The van der Waals surface area contributed by atoms with Crippen LogP contribution in [0.2, 0.25) is 19.6 Å². The van der Waals surface area contributed by atoms with Crippen molar-refractivity contribution < 1.29 is 14.6 Å². The molecule has 3 nitrogen and oxygen atoms in total. The van der Waals surface area contributed by atoms with Gasteiger partial charge in [-0.1, -0.05) is 31.4 Å². The fourth-order valence-corrected chi connectivity index (χ4v) is 1.53. The standard InChI is InChI=1S/C10H18O3Si/c1-13-8-9(7-10(11)12)5-6-14(2,3)4/h5-7H,8H2,1-4H3,(H,11,12)/b6-5+,9-7-. The summed E-state index contributed by atoms with van der Waals surface area (Å²) >= 11 is 0. The second-order valence-electron chi connectivity index (χ2n) is 4.19. The minimum atomic E-state index is -1.27. The predicted octanol–water partition coefficient (Wildman–Crippen LogP) is 2.08. The quantitative estimate of drug-likeness (QED) is 0.433. The van der Waals surface area contributed by atoms with E-state index in [1.165, 1.54) is 6.08 Å². The first-order chi connectivity index (χ1) is 6.35. The first kappa shape index (κ1) is 13.1. The summed E-state index contributed by atoms with van der Waals surface area (Å²) in [5.74, 6) is -0.933. The van der Waals surface area contributed by atoms with Gasteiger partial charge in [-0.05, 0) is 5.57 Å². The number of rotatable bonds is 5. The molecule has 0 aliphatic heterocycles. The molecular weight excluding hydrogens is 196 g/mol. The maximum atomic E-state index is 10.5. The third-order valence-electron chi connectivity index (χ3n) is 1.42. The van der Waals surface area contributed by atoms with E-state index >= 15 is 0 Å². The molecule has 0 aromatic rings. The monoisotopic (exact) mass is 214 g/mol. The van der Waals surface area contributed by atoms with Gasteiger partial charge in [0.05, 0.1) is 14.7 Å². The van der Waals surface area contributed by atoms with Gasteiger partial charge < -0.3 is 9.84 Å². The zero-order valence-electron chi connectivity index (χ0n) is 9.20. The van der Waals surface area contributed by atoms with Crippen LogP contribution >= 0.6 is 0 Å². The van der Waals surface area contributed by atoms with E-state index in [-0.39, 0.29) is 0 Å². The molecule has 0 heterocycles. The van der Waals surface area contributed by atoms with E-state index in [9.17, 15) is 4.79 Å². The van der Waals surface area contributed by atoms with E-state index in [1.807, 2.05) is 6.08 Å². The predicted molar refractivity (Wildman–Crippen MR) is 60.1 cm³/mol. The molecule has 0 unspecified atom stereocenters. The van der Waals surface area contributed by atoms with Crippen LogP contribution in [0.1, 0.15) is 0 Å². The van der Waals surface area contributed by atoms with Gasteiger partial charge in [-0.15, -0.1) is 0 Å². The zero-order chi connectivity index (χ0) is 11.2. The van der Waals surface area contributed by atoms with Gasteiger partial charge in [0.15, 0.2) is 0 Å². The number of hydrogen-bond donors (Lipinski definition) is 1. The summed E-state index contributed by atoms with van der Waals surface area (Å²) in [7, 11) is 0.284. The van der Waals surface area contributed by atoms with Gasteiger partial charge in [0.25, 0.3) is 0 Å². The highest BCUT2D eigenvalue weighted by atomic mass is 28.3. The average molecular weight is 214 g/mol. The smallest absolute Gasteiger partial charge is 0.328 e. The van der Waals surface area contributed by atoms with Gasteiger partial charge in [-0.3, -0.25) is 0 Å². The van der Waals surface area contributed by atoms with E-state index < -0.39 is 14.0 Å². The fraction of sp³-hybridized carbons (Fsp3) is 0.500. The molecule has 0 aliphatic carbocycles. The van der Waals surface area contributed by atoms with Crippen molar-refractivity contribution in [2.24, 2.45) is 0 Å². The van der Waals surface area contributed by atoms with Crippen LogP contribution in [-0.2, 0) is 9.53 Å². The maximum Gasteiger partial charge on any atom is 0.328 e. The molecule has 0 radical (unpaired) electrons. The van der Waals surface area contributed by atoms with E-state index in [0.717, 1.165) is 0 Å². The molecule has 0 saturated heterocycles. The summed E-state index contributed by atoms with van der Waals surface area (Å²) in [6.07, 6.45) is 3.03. The van der Waals surface area contributed by atoms with Gasteiger partial charge in [0, 0.05) is 13.2 Å². The highest BCUT2D eigenvalue weighted by molar-refractivity contribution is 6.81. The Kier molecular flexibility index (Phi) is 5.41. The number of carbonyl (C=O) groups is 1. The molecule has 0 amide bonds. The lowest BCUT2D eigenvalue weighted by molar-refractivity contribution is -0.131. The van der Waals surface area contributed by atoms with Crippen LogP contribution in [-0.4, -0.2) is 32.9 Å². The summed E-state index contributed by atoms with van der Waals surface area (Å²) in [4.78, 5) is 10.5. The number of carboxylic acids is 1. The largest absolute Gasteiger partial charge is 0.478 e. The van der Waals surface area contributed by atoms with Crippen LogP contribution in [0.5, 0.6) is 0 Å². The first-order valence-corrected chi connectivity index (χ1v) is 8.04. The SMILES string of the molecule is COCC(=C\C(=O)O)/C=C/[Si](C)(C)C. The van der Waals surface area contributed by atoms with Gasteiger partial charge in [-0.2, -0.15) is 0 Å². The highest BCUT2D eigenvalue weighted by Crippen LogP contribution is 2.06. The van der Waals surface area contributed by atoms with Crippen molar-refractivity contribution in [2.45, 2.75) is 19.6 Å². The third-order valence-corrected chi connectivity index (χ3v) is 2.58. The Labute approximate surface area is 86.1 Å². The first-order valence-electron chi connectivity index (χ1n) is 4.47. The number of carboxylic acid groups (broad SMARTS) is 1. The second-order valence-corrected chi connectivity index (χ2v) is 9.26. The number of hydrogen-bond acceptors (Lipinski definition) is 2. The minimum Gasteiger partial charge on any atom is -0.478 e. The van der Waals surface area contributed by atoms with Gasteiger partial charge in [-0.25, -0.2) is 4.79 Å². The fourth-order valence-electron chi connectivity index (χ4n) is 0.820. The van der Waals surface area contributed by atoms with Crippen LogP contribution in [0.3, 0.4) is 0 Å². The summed E-state index contributed by atoms with van der Waals surface area (Å²) in [6.45, 7) is 6.91. The lowest BCUT2D eigenvalue weighted by atomic mass is 10.2. The Balaban J connectivity index is 4.53. The molecule has 0 bridgehead atoms. The van der Waals surface area contributed by atoms with Gasteiger partial charge in [0.2, 0.25) is 0 Å². The topological polar surface area (TPSA) is 46.5 Å². The summed E-state index contributed by atoms with van der Waals surface area (Å²) < 4.78 is 4.90. The number of aliphatic carboxylic acids is 1. The van der Waals surface area contributed by atoms with E-state index in [2.05, 4.69) is 25.3 Å². The molecule has 14 heavy (non-hydrogen) atoms. The van der Waals surface area contributed by atoms with Crippen molar-refractivity contribution in [2.75, 3.05) is 13.7 Å². The Hall–Kier alpha value is -0.873. The van der Waals surface area contributed by atoms with E-state index in [4.69, 9.17) is 9.84 Å². The Morgan fingerprint density at radius 2 is 2.00 bits per heavy atom. The molecule has 1 N–H and O–H groups in total. The second kappa shape index (κ2) is 5.77. The molecule has 80 valence electrons. The van der Waals surface area contributed by atoms with Gasteiger partial charge >= 0.3 is 5.97 Å². The maximum absolute atomic E-state index is 10.5. The molecule has 0 aromatic carbocycles. The van der Waals surface area contributed by atoms with Crippen molar-refractivity contribution in [1.29, 1.82) is 0 Å². The minimum absolute atomic E-state index is 0.341. The number of methoxy groups -OCH3 is 1. The Morgan fingerprint density at radius 3 is 2.36 bits per heavy atom. The Bertz CT molecular complexity index is 249. The Morgan fingerprint density at radius 1 is 1.43 bits per heavy atom. The molecule has 0 aliphatic rings. The molecule has 0 fully saturated rings. The molecule has 0 aromatic heterocycles. The lowest BCUT2D eigenvalue weighted by Crippen LogP contribution is -2.15. The van der Waals surface area contributed by atoms with Crippen LogP contribution in [0.4, 0.5) is 0 Å². The van der Waals surface area contributed by atoms with E-state index in [1.54, 1.807) is 7.11 Å². The van der Waals surface area contributed by atoms with Crippen molar-refractivity contribution in [3.8, 4) is 0 Å². The molecule has 4 heteroatoms. The lowest BCUT2D eigenvalue weighted by Gasteiger charge is -2.08. The van der Waals surface area contributed by atoms with Crippen LogP contribution in [0.25, 0.3) is 0 Å². The molecule has 0 saturated carbocycles. The van der Waals surface area contributed by atoms with Crippen LogP contribution in [0.15, 0.2) is 23.4 Å². The van der Waals surface area contributed by atoms with E-state index in [0.29, 0.717) is 12.2 Å². The van der Waals surface area contributed by atoms with Crippen molar-refractivity contribution in [3.63, 3.8) is 0 Å². The van der Waals surface area contributed by atoms with Gasteiger partial charge in [0.1, 0.15) is 0 Å².